The number of rotatable bonds is 6. The molecule has 0 saturated heterocycles. The summed E-state index contributed by atoms with van der Waals surface area (Å²) in [6.07, 6.45) is 0.869. The fourth-order valence-corrected chi connectivity index (χ4v) is 4.76. The molecule has 0 bridgehead atoms. The number of fused-ring (bicyclic) bond motifs is 3. The average Bonchev–Trinajstić information content (AvgIpc) is 3.14. The molecule has 0 aliphatic heterocycles. The predicted molar refractivity (Wildman–Crippen MR) is 129 cm³/mol. The van der Waals surface area contributed by atoms with Crippen LogP contribution < -0.4 is 4.74 Å². The van der Waals surface area contributed by atoms with Crippen LogP contribution in [0.2, 0.25) is 0 Å². The van der Waals surface area contributed by atoms with Crippen LogP contribution in [0, 0.1) is 0 Å². The van der Waals surface area contributed by atoms with Crippen molar-refractivity contribution >= 4 is 44.0 Å². The molecule has 0 spiro atoms. The molecule has 3 nitrogen and oxygen atoms in total. The van der Waals surface area contributed by atoms with Gasteiger partial charge in [0.2, 0.25) is 0 Å². The minimum Gasteiger partial charge on any atom is -0.487 e. The lowest BCUT2D eigenvalue weighted by Gasteiger charge is -2.13. The first-order valence-electron chi connectivity index (χ1n) is 10.2. The van der Waals surface area contributed by atoms with E-state index in [0.29, 0.717) is 17.9 Å². The van der Waals surface area contributed by atoms with Crippen molar-refractivity contribution in [1.29, 1.82) is 0 Å². The number of hydrogen-bond donors (Lipinski definition) is 0. The van der Waals surface area contributed by atoms with E-state index in [9.17, 15) is 4.79 Å². The van der Waals surface area contributed by atoms with Gasteiger partial charge in [0, 0.05) is 21.9 Å². The highest BCUT2D eigenvalue weighted by Crippen LogP contribution is 2.42. The summed E-state index contributed by atoms with van der Waals surface area (Å²) in [5, 5.41) is 2.03. The smallest absolute Gasteiger partial charge is 0.153 e. The summed E-state index contributed by atoms with van der Waals surface area (Å²) in [6, 6.07) is 30.5. The largest absolute Gasteiger partial charge is 0.487 e. The van der Waals surface area contributed by atoms with E-state index >= 15 is 0 Å². The lowest BCUT2D eigenvalue weighted by atomic mass is 10.1. The fourth-order valence-electron chi connectivity index (χ4n) is 4.10. The monoisotopic (exact) mass is 469 g/mol. The number of hydrogen-bond acceptors (Lipinski definition) is 2. The molecule has 0 radical (unpaired) electrons. The number of ether oxygens (including phenoxy) is 1. The molecule has 4 aromatic carbocycles. The molecule has 0 aliphatic rings. The van der Waals surface area contributed by atoms with Crippen LogP contribution in [0.15, 0.2) is 95.5 Å². The van der Waals surface area contributed by atoms with Crippen molar-refractivity contribution in [2.75, 3.05) is 0 Å². The molecule has 4 heteroatoms. The maximum atomic E-state index is 12.0. The zero-order chi connectivity index (χ0) is 21.2. The Balaban J connectivity index is 1.74. The van der Waals surface area contributed by atoms with E-state index in [1.54, 1.807) is 0 Å². The molecule has 0 N–H and O–H groups in total. The predicted octanol–water partition coefficient (Wildman–Crippen LogP) is 7.00. The van der Waals surface area contributed by atoms with E-state index in [1.165, 1.54) is 5.56 Å². The molecule has 0 amide bonds. The number of para-hydroxylation sites is 1. The number of benzene rings is 4. The Morgan fingerprint density at radius 2 is 1.48 bits per heavy atom. The Hall–Kier alpha value is -3.37. The fraction of sp³-hybridized carbons (Fsp3) is 0.0741. The third-order valence-corrected chi connectivity index (χ3v) is 6.11. The number of carbonyl (C=O) groups excluding carboxylic acids is 1. The van der Waals surface area contributed by atoms with Crippen LogP contribution in [0.1, 0.15) is 21.5 Å². The van der Waals surface area contributed by atoms with Crippen molar-refractivity contribution in [1.82, 2.24) is 4.57 Å². The zero-order valence-corrected chi connectivity index (χ0v) is 18.4. The summed E-state index contributed by atoms with van der Waals surface area (Å²) in [4.78, 5) is 12.0. The van der Waals surface area contributed by atoms with E-state index in [1.807, 2.05) is 54.6 Å². The van der Waals surface area contributed by atoms with E-state index in [4.69, 9.17) is 4.74 Å². The summed E-state index contributed by atoms with van der Waals surface area (Å²) < 4.78 is 9.45. The molecular formula is C27H20BrNO2. The van der Waals surface area contributed by atoms with Crippen LogP contribution in [-0.2, 0) is 13.2 Å². The van der Waals surface area contributed by atoms with Gasteiger partial charge < -0.3 is 9.30 Å². The highest BCUT2D eigenvalue weighted by atomic mass is 79.9. The van der Waals surface area contributed by atoms with Gasteiger partial charge in [-0.1, -0.05) is 78.9 Å². The van der Waals surface area contributed by atoms with Gasteiger partial charge in [0.1, 0.15) is 12.4 Å². The normalized spacial score (nSPS) is 11.1. The first-order valence-corrected chi connectivity index (χ1v) is 10.9. The molecule has 0 saturated carbocycles. The van der Waals surface area contributed by atoms with Crippen LogP contribution in [-0.4, -0.2) is 10.9 Å². The van der Waals surface area contributed by atoms with Gasteiger partial charge in [0.05, 0.1) is 16.5 Å². The van der Waals surface area contributed by atoms with Gasteiger partial charge in [-0.3, -0.25) is 4.79 Å². The number of carbonyl (C=O) groups is 1. The minimum absolute atomic E-state index is 0.399. The van der Waals surface area contributed by atoms with Crippen LogP contribution in [0.5, 0.6) is 5.75 Å². The maximum absolute atomic E-state index is 12.0. The topological polar surface area (TPSA) is 31.2 Å². The van der Waals surface area contributed by atoms with Crippen molar-refractivity contribution < 1.29 is 9.53 Å². The molecule has 0 aliphatic carbocycles. The highest BCUT2D eigenvalue weighted by molar-refractivity contribution is 9.10. The molecule has 0 unspecified atom stereocenters. The average molecular weight is 470 g/mol. The molecule has 0 fully saturated rings. The zero-order valence-electron chi connectivity index (χ0n) is 16.8. The van der Waals surface area contributed by atoms with E-state index in [0.717, 1.165) is 44.7 Å². The van der Waals surface area contributed by atoms with Gasteiger partial charge in [-0.2, -0.15) is 0 Å². The van der Waals surface area contributed by atoms with Gasteiger partial charge in [-0.15, -0.1) is 0 Å². The van der Waals surface area contributed by atoms with Crippen LogP contribution in [0.4, 0.5) is 0 Å². The molecule has 31 heavy (non-hydrogen) atoms. The van der Waals surface area contributed by atoms with Crippen LogP contribution >= 0.6 is 15.9 Å². The Morgan fingerprint density at radius 1 is 0.839 bits per heavy atom. The number of halogens is 1. The molecule has 0 atom stereocenters. The molecular weight excluding hydrogens is 450 g/mol. The van der Waals surface area contributed by atoms with Gasteiger partial charge in [-0.05, 0) is 39.2 Å². The van der Waals surface area contributed by atoms with Crippen LogP contribution in [0.3, 0.4) is 0 Å². The second-order valence-electron chi connectivity index (χ2n) is 7.48. The molecule has 152 valence electrons. The molecule has 1 heterocycles. The molecule has 5 aromatic rings. The van der Waals surface area contributed by atoms with Gasteiger partial charge >= 0.3 is 0 Å². The second-order valence-corrected chi connectivity index (χ2v) is 8.34. The van der Waals surface area contributed by atoms with Crippen molar-refractivity contribution in [3.8, 4) is 5.75 Å². The standard InChI is InChI=1S/C27H20BrNO2/c28-23-15-21(17-30)27(31-18-20-11-5-2-6-12-20)25-22-13-7-8-14-24(22)29(26(23)25)16-19-9-3-1-4-10-19/h1-15,17H,16,18H2. The Labute approximate surface area is 189 Å². The Kier molecular flexibility index (Phi) is 5.31. The van der Waals surface area contributed by atoms with Gasteiger partial charge in [0.15, 0.2) is 6.29 Å². The SMILES string of the molecule is O=Cc1cc(Br)c2c(c1OCc1ccccc1)c1ccccc1n2Cc1ccccc1. The first kappa shape index (κ1) is 19.6. The van der Waals surface area contributed by atoms with E-state index in [-0.39, 0.29) is 0 Å². The van der Waals surface area contributed by atoms with Crippen molar-refractivity contribution in [2.45, 2.75) is 13.2 Å². The second kappa shape index (κ2) is 8.40. The molecule has 1 aromatic heterocycles. The van der Waals surface area contributed by atoms with Crippen molar-refractivity contribution in [3.63, 3.8) is 0 Å². The summed E-state index contributed by atoms with van der Waals surface area (Å²) in [6.45, 7) is 1.12. The van der Waals surface area contributed by atoms with Crippen molar-refractivity contribution in [3.05, 3.63) is 112 Å². The number of aldehydes is 1. The third kappa shape index (κ3) is 3.64. The summed E-state index contributed by atoms with van der Waals surface area (Å²) >= 11 is 3.73. The molecule has 5 rings (SSSR count). The quantitative estimate of drug-likeness (QED) is 0.250. The summed E-state index contributed by atoms with van der Waals surface area (Å²) in [7, 11) is 0. The highest BCUT2D eigenvalue weighted by Gasteiger charge is 2.21. The summed E-state index contributed by atoms with van der Waals surface area (Å²) in [5.74, 6) is 0.625. The first-order chi connectivity index (χ1) is 15.3. The van der Waals surface area contributed by atoms with Crippen LogP contribution in [0.25, 0.3) is 21.8 Å². The number of aromatic nitrogens is 1. The number of nitrogens with zero attached hydrogens (tertiary/aromatic N) is 1. The Bertz CT molecular complexity index is 1370. The van der Waals surface area contributed by atoms with Gasteiger partial charge in [-0.25, -0.2) is 0 Å². The lowest BCUT2D eigenvalue weighted by molar-refractivity contribution is 0.111. The van der Waals surface area contributed by atoms with Gasteiger partial charge in [0.25, 0.3) is 0 Å². The Morgan fingerprint density at radius 3 is 2.19 bits per heavy atom. The van der Waals surface area contributed by atoms with E-state index in [2.05, 4.69) is 56.9 Å². The minimum atomic E-state index is 0.399. The van der Waals surface area contributed by atoms with E-state index < -0.39 is 0 Å². The third-order valence-electron chi connectivity index (χ3n) is 5.51. The van der Waals surface area contributed by atoms with Crippen molar-refractivity contribution in [2.24, 2.45) is 0 Å². The lowest BCUT2D eigenvalue weighted by Crippen LogP contribution is -2.02. The maximum Gasteiger partial charge on any atom is 0.153 e. The summed E-state index contributed by atoms with van der Waals surface area (Å²) in [5.41, 5.74) is 4.94.